The van der Waals surface area contributed by atoms with Crippen LogP contribution in [0.5, 0.6) is 0 Å². The molecule has 0 bridgehead atoms. The zero-order valence-corrected chi connectivity index (χ0v) is 14.3. The molecule has 2 heteroatoms. The molecule has 0 saturated heterocycles. The lowest BCUT2D eigenvalue weighted by molar-refractivity contribution is 0.0964. The van der Waals surface area contributed by atoms with Gasteiger partial charge in [0.2, 0.25) is 0 Å². The Morgan fingerprint density at radius 3 is 2.20 bits per heavy atom. The van der Waals surface area contributed by atoms with Crippen molar-refractivity contribution in [2.75, 3.05) is 7.05 Å². The average molecular weight is 325 g/mol. The van der Waals surface area contributed by atoms with Crippen molar-refractivity contribution in [3.63, 3.8) is 0 Å². The Morgan fingerprint density at radius 2 is 1.44 bits per heavy atom. The van der Waals surface area contributed by atoms with Crippen LogP contribution in [0.4, 0.5) is 0 Å². The SMILES string of the molecule is CNC(=O)c1ccc2ccccc2c1-c1ccc(C)c2ccccc12. The fraction of sp³-hybridized carbons (Fsp3) is 0.0870. The number of hydrogen-bond acceptors (Lipinski definition) is 1. The van der Waals surface area contributed by atoms with Crippen molar-refractivity contribution < 1.29 is 4.79 Å². The molecule has 4 rings (SSSR count). The van der Waals surface area contributed by atoms with E-state index in [1.807, 2.05) is 24.3 Å². The molecule has 1 N–H and O–H groups in total. The van der Waals surface area contributed by atoms with E-state index in [0.717, 1.165) is 21.9 Å². The predicted octanol–water partition coefficient (Wildman–Crippen LogP) is 5.33. The van der Waals surface area contributed by atoms with E-state index in [-0.39, 0.29) is 5.91 Å². The van der Waals surface area contributed by atoms with Gasteiger partial charge in [-0.25, -0.2) is 0 Å². The van der Waals surface area contributed by atoms with Gasteiger partial charge in [-0.2, -0.15) is 0 Å². The molecular weight excluding hydrogens is 306 g/mol. The highest BCUT2D eigenvalue weighted by atomic mass is 16.1. The number of amides is 1. The summed E-state index contributed by atoms with van der Waals surface area (Å²) < 4.78 is 0. The van der Waals surface area contributed by atoms with Gasteiger partial charge in [0, 0.05) is 18.2 Å². The summed E-state index contributed by atoms with van der Waals surface area (Å²) in [7, 11) is 1.68. The van der Waals surface area contributed by atoms with E-state index in [9.17, 15) is 4.79 Å². The number of benzene rings is 4. The number of carbonyl (C=O) groups excluding carboxylic acids is 1. The number of carbonyl (C=O) groups is 1. The summed E-state index contributed by atoms with van der Waals surface area (Å²) in [6.07, 6.45) is 0. The van der Waals surface area contributed by atoms with E-state index in [0.29, 0.717) is 5.56 Å². The largest absolute Gasteiger partial charge is 0.355 e. The predicted molar refractivity (Wildman–Crippen MR) is 105 cm³/mol. The first-order chi connectivity index (χ1) is 12.2. The molecule has 4 aromatic carbocycles. The Labute approximate surface area is 147 Å². The third-order valence-electron chi connectivity index (χ3n) is 4.81. The zero-order chi connectivity index (χ0) is 17.4. The van der Waals surface area contributed by atoms with Crippen molar-refractivity contribution in [3.8, 4) is 11.1 Å². The number of hydrogen-bond donors (Lipinski definition) is 1. The Morgan fingerprint density at radius 1 is 0.760 bits per heavy atom. The van der Waals surface area contributed by atoms with E-state index < -0.39 is 0 Å². The second kappa shape index (κ2) is 6.06. The van der Waals surface area contributed by atoms with Crippen molar-refractivity contribution >= 4 is 27.5 Å². The summed E-state index contributed by atoms with van der Waals surface area (Å²) in [5.41, 5.74) is 4.03. The highest BCUT2D eigenvalue weighted by Crippen LogP contribution is 2.37. The van der Waals surface area contributed by atoms with Crippen molar-refractivity contribution in [3.05, 3.63) is 83.9 Å². The lowest BCUT2D eigenvalue weighted by Gasteiger charge is -2.16. The molecule has 0 radical (unpaired) electrons. The molecular formula is C23H19NO. The highest BCUT2D eigenvalue weighted by molar-refractivity contribution is 6.14. The monoisotopic (exact) mass is 325 g/mol. The van der Waals surface area contributed by atoms with Crippen molar-refractivity contribution in [2.45, 2.75) is 6.92 Å². The molecule has 0 aliphatic rings. The maximum absolute atomic E-state index is 12.5. The van der Waals surface area contributed by atoms with Crippen molar-refractivity contribution in [2.24, 2.45) is 0 Å². The molecule has 0 spiro atoms. The minimum Gasteiger partial charge on any atom is -0.355 e. The van der Waals surface area contributed by atoms with Gasteiger partial charge in [0.1, 0.15) is 0 Å². The maximum atomic E-state index is 12.5. The van der Waals surface area contributed by atoms with Crippen LogP contribution in [0.15, 0.2) is 72.8 Å². The third kappa shape index (κ3) is 2.47. The van der Waals surface area contributed by atoms with Gasteiger partial charge in [0.15, 0.2) is 0 Å². The van der Waals surface area contributed by atoms with E-state index >= 15 is 0 Å². The van der Waals surface area contributed by atoms with Gasteiger partial charge >= 0.3 is 0 Å². The molecule has 2 nitrogen and oxygen atoms in total. The summed E-state index contributed by atoms with van der Waals surface area (Å²) in [5.74, 6) is -0.0644. The average Bonchev–Trinajstić information content (AvgIpc) is 2.67. The first kappa shape index (κ1) is 15.4. The Bertz CT molecular complexity index is 1110. The quantitative estimate of drug-likeness (QED) is 0.530. The number of nitrogens with one attached hydrogen (secondary N) is 1. The van der Waals surface area contributed by atoms with E-state index in [1.54, 1.807) is 7.05 Å². The maximum Gasteiger partial charge on any atom is 0.251 e. The van der Waals surface area contributed by atoms with E-state index in [1.165, 1.54) is 16.3 Å². The van der Waals surface area contributed by atoms with Crippen molar-refractivity contribution in [1.29, 1.82) is 0 Å². The fourth-order valence-corrected chi connectivity index (χ4v) is 3.55. The molecule has 25 heavy (non-hydrogen) atoms. The molecule has 0 unspecified atom stereocenters. The van der Waals surface area contributed by atoms with Gasteiger partial charge in [-0.05, 0) is 45.7 Å². The molecule has 122 valence electrons. The van der Waals surface area contributed by atoms with Gasteiger partial charge in [-0.15, -0.1) is 0 Å². The topological polar surface area (TPSA) is 29.1 Å². The minimum absolute atomic E-state index is 0.0644. The molecule has 0 heterocycles. The molecule has 0 aliphatic heterocycles. The molecule has 4 aromatic rings. The molecule has 0 saturated carbocycles. The Balaban J connectivity index is 2.17. The second-order valence-corrected chi connectivity index (χ2v) is 6.26. The van der Waals surface area contributed by atoms with Crippen LogP contribution in [0.1, 0.15) is 15.9 Å². The van der Waals surface area contributed by atoms with Crippen LogP contribution in [0, 0.1) is 6.92 Å². The van der Waals surface area contributed by atoms with Crippen LogP contribution in [0.2, 0.25) is 0 Å². The van der Waals surface area contributed by atoms with E-state index in [2.05, 4.69) is 60.8 Å². The number of rotatable bonds is 2. The zero-order valence-electron chi connectivity index (χ0n) is 14.3. The third-order valence-corrected chi connectivity index (χ3v) is 4.81. The first-order valence-corrected chi connectivity index (χ1v) is 8.43. The minimum atomic E-state index is -0.0644. The lowest BCUT2D eigenvalue weighted by atomic mass is 9.89. The van der Waals surface area contributed by atoms with Gasteiger partial charge in [-0.3, -0.25) is 4.79 Å². The molecule has 0 atom stereocenters. The molecule has 1 amide bonds. The van der Waals surface area contributed by atoms with Gasteiger partial charge in [-0.1, -0.05) is 66.7 Å². The smallest absolute Gasteiger partial charge is 0.251 e. The summed E-state index contributed by atoms with van der Waals surface area (Å²) in [6.45, 7) is 2.12. The molecule has 0 fully saturated rings. The van der Waals surface area contributed by atoms with Crippen LogP contribution in [-0.4, -0.2) is 13.0 Å². The second-order valence-electron chi connectivity index (χ2n) is 6.26. The fourth-order valence-electron chi connectivity index (χ4n) is 3.55. The summed E-state index contributed by atoms with van der Waals surface area (Å²) >= 11 is 0. The normalized spacial score (nSPS) is 11.0. The van der Waals surface area contributed by atoms with Crippen molar-refractivity contribution in [1.82, 2.24) is 5.32 Å². The van der Waals surface area contributed by atoms with Crippen LogP contribution in [-0.2, 0) is 0 Å². The Kier molecular flexibility index (Phi) is 3.73. The Hall–Kier alpha value is -3.13. The number of fused-ring (bicyclic) bond motifs is 2. The van der Waals surface area contributed by atoms with Gasteiger partial charge < -0.3 is 5.32 Å². The molecule has 0 aromatic heterocycles. The van der Waals surface area contributed by atoms with Gasteiger partial charge in [0.25, 0.3) is 5.91 Å². The van der Waals surface area contributed by atoms with Crippen LogP contribution in [0.25, 0.3) is 32.7 Å². The first-order valence-electron chi connectivity index (χ1n) is 8.43. The summed E-state index contributed by atoms with van der Waals surface area (Å²) in [4.78, 5) is 12.5. The van der Waals surface area contributed by atoms with Crippen LogP contribution >= 0.6 is 0 Å². The van der Waals surface area contributed by atoms with E-state index in [4.69, 9.17) is 0 Å². The van der Waals surface area contributed by atoms with Crippen LogP contribution < -0.4 is 5.32 Å². The lowest BCUT2D eigenvalue weighted by Crippen LogP contribution is -2.18. The molecule has 0 aliphatic carbocycles. The van der Waals surface area contributed by atoms with Gasteiger partial charge in [0.05, 0.1) is 0 Å². The standard InChI is InChI=1S/C23H19NO/c1-15-11-13-20(19-10-6-5-8-17(15)19)22-18-9-4-3-7-16(18)12-14-21(22)23(25)24-2/h3-14H,1-2H3,(H,24,25). The number of aryl methyl sites for hydroxylation is 1. The summed E-state index contributed by atoms with van der Waals surface area (Å²) in [5, 5.41) is 7.39. The van der Waals surface area contributed by atoms with Crippen LogP contribution in [0.3, 0.4) is 0 Å². The highest BCUT2D eigenvalue weighted by Gasteiger charge is 2.17. The summed E-state index contributed by atoms with van der Waals surface area (Å²) in [6, 6.07) is 24.8.